The highest BCUT2D eigenvalue weighted by atomic mass is 79.9. The number of halogens is 1. The predicted molar refractivity (Wildman–Crippen MR) is 158 cm³/mol. The number of benzene rings is 3. The second-order valence-corrected chi connectivity index (χ2v) is 10.6. The quantitative estimate of drug-likeness (QED) is 0.256. The van der Waals surface area contributed by atoms with E-state index in [1.54, 1.807) is 36.5 Å². The van der Waals surface area contributed by atoms with Gasteiger partial charge in [0.05, 0.1) is 24.1 Å². The van der Waals surface area contributed by atoms with Crippen LogP contribution in [-0.2, 0) is 6.54 Å². The Labute approximate surface area is 237 Å². The van der Waals surface area contributed by atoms with Crippen LogP contribution >= 0.6 is 15.9 Å². The van der Waals surface area contributed by atoms with Gasteiger partial charge in [0.15, 0.2) is 0 Å². The van der Waals surface area contributed by atoms with E-state index in [0.29, 0.717) is 21.3 Å². The number of carbonyl (C=O) groups is 2. The molecule has 3 N–H and O–H groups in total. The molecule has 1 saturated heterocycles. The Bertz CT molecular complexity index is 1330. The third-order valence-corrected chi connectivity index (χ3v) is 7.38. The number of hydrogen-bond acceptors (Lipinski definition) is 6. The number of aryl methyl sites for hydroxylation is 2. The summed E-state index contributed by atoms with van der Waals surface area (Å²) in [7, 11) is 0. The maximum Gasteiger partial charge on any atom is 0.273 e. The van der Waals surface area contributed by atoms with E-state index in [-0.39, 0.29) is 12.5 Å². The molecule has 1 aliphatic heterocycles. The van der Waals surface area contributed by atoms with E-state index in [4.69, 9.17) is 5.11 Å². The van der Waals surface area contributed by atoms with Crippen LogP contribution in [0.1, 0.15) is 43.0 Å². The minimum Gasteiger partial charge on any atom is -0.395 e. The number of amides is 2. The van der Waals surface area contributed by atoms with E-state index in [0.717, 1.165) is 56.0 Å². The maximum absolute atomic E-state index is 13.0. The van der Waals surface area contributed by atoms with Gasteiger partial charge in [-0.2, -0.15) is 5.10 Å². The second-order valence-electron chi connectivity index (χ2n) is 9.73. The molecule has 2 amide bonds. The summed E-state index contributed by atoms with van der Waals surface area (Å²) in [5, 5.41) is 16.1. The fourth-order valence-electron chi connectivity index (χ4n) is 4.41. The van der Waals surface area contributed by atoms with Crippen LogP contribution in [0.4, 0.5) is 5.69 Å². The molecule has 0 unspecified atom stereocenters. The Morgan fingerprint density at radius 1 is 0.923 bits per heavy atom. The molecule has 1 fully saturated rings. The molecule has 0 atom stereocenters. The van der Waals surface area contributed by atoms with Crippen molar-refractivity contribution < 1.29 is 14.7 Å². The molecule has 8 nitrogen and oxygen atoms in total. The van der Waals surface area contributed by atoms with Crippen molar-refractivity contribution in [1.82, 2.24) is 15.2 Å². The van der Waals surface area contributed by atoms with Gasteiger partial charge < -0.3 is 10.4 Å². The molecular weight excluding hydrogens is 558 g/mol. The van der Waals surface area contributed by atoms with Crippen molar-refractivity contribution in [3.05, 3.63) is 98.5 Å². The smallest absolute Gasteiger partial charge is 0.273 e. The number of anilines is 1. The summed E-state index contributed by atoms with van der Waals surface area (Å²) >= 11 is 3.41. The summed E-state index contributed by atoms with van der Waals surface area (Å²) in [5.74, 6) is -0.727. The highest BCUT2D eigenvalue weighted by Gasteiger charge is 2.18. The minimum absolute atomic E-state index is 0.192. The molecule has 204 valence electrons. The lowest BCUT2D eigenvalue weighted by Crippen LogP contribution is -2.46. The minimum atomic E-state index is -0.430. The molecular formula is C30H34BrN5O3. The molecule has 0 aliphatic carbocycles. The zero-order chi connectivity index (χ0) is 27.8. The molecule has 3 aromatic carbocycles. The summed E-state index contributed by atoms with van der Waals surface area (Å²) < 4.78 is 0.713. The molecule has 1 heterocycles. The molecule has 0 saturated carbocycles. The lowest BCUT2D eigenvalue weighted by atomic mass is 10.1. The largest absolute Gasteiger partial charge is 0.395 e. The van der Waals surface area contributed by atoms with Crippen LogP contribution in [0.15, 0.2) is 70.2 Å². The van der Waals surface area contributed by atoms with Crippen molar-refractivity contribution in [3.63, 3.8) is 0 Å². The van der Waals surface area contributed by atoms with Crippen molar-refractivity contribution in [2.24, 2.45) is 5.10 Å². The predicted octanol–water partition coefficient (Wildman–Crippen LogP) is 4.19. The van der Waals surface area contributed by atoms with E-state index in [1.807, 2.05) is 44.2 Å². The number of piperazine rings is 1. The standard InChI is InChI=1S/C30H34BrN5O3/c1-21-3-4-24(17-22(21)2)19-32-34-30(39)27-18-26(31)9-10-28(27)33-29(38)25-7-5-23(6-8-25)20-36-13-11-35(12-14-36)15-16-37/h3-10,17-19,37H,11-16,20H2,1-2H3,(H,33,38)(H,34,39). The first-order chi connectivity index (χ1) is 18.8. The highest BCUT2D eigenvalue weighted by molar-refractivity contribution is 9.10. The van der Waals surface area contributed by atoms with Gasteiger partial charge in [0.25, 0.3) is 11.8 Å². The number of rotatable bonds is 9. The Morgan fingerprint density at radius 3 is 2.33 bits per heavy atom. The molecule has 0 bridgehead atoms. The molecule has 0 aromatic heterocycles. The van der Waals surface area contributed by atoms with Gasteiger partial charge in [0.2, 0.25) is 0 Å². The number of hydrogen-bond donors (Lipinski definition) is 3. The topological polar surface area (TPSA) is 97.3 Å². The first-order valence-corrected chi connectivity index (χ1v) is 13.8. The van der Waals surface area contributed by atoms with Gasteiger partial charge in [-0.05, 0) is 66.4 Å². The summed E-state index contributed by atoms with van der Waals surface area (Å²) in [4.78, 5) is 30.6. The fraction of sp³-hybridized carbons (Fsp3) is 0.300. The van der Waals surface area contributed by atoms with Crippen LogP contribution in [0.5, 0.6) is 0 Å². The molecule has 9 heteroatoms. The van der Waals surface area contributed by atoms with Crippen molar-refractivity contribution >= 4 is 39.6 Å². The van der Waals surface area contributed by atoms with E-state index in [9.17, 15) is 9.59 Å². The third kappa shape index (κ3) is 8.06. The van der Waals surface area contributed by atoms with Gasteiger partial charge in [0, 0.05) is 49.3 Å². The van der Waals surface area contributed by atoms with Crippen molar-refractivity contribution in [3.8, 4) is 0 Å². The molecule has 39 heavy (non-hydrogen) atoms. The number of nitrogens with zero attached hydrogens (tertiary/aromatic N) is 3. The Balaban J connectivity index is 1.36. The van der Waals surface area contributed by atoms with E-state index in [2.05, 4.69) is 41.6 Å². The monoisotopic (exact) mass is 591 g/mol. The van der Waals surface area contributed by atoms with Gasteiger partial charge in [-0.15, -0.1) is 0 Å². The zero-order valence-electron chi connectivity index (χ0n) is 22.3. The van der Waals surface area contributed by atoms with Crippen molar-refractivity contribution in [1.29, 1.82) is 0 Å². The Morgan fingerprint density at radius 2 is 1.64 bits per heavy atom. The SMILES string of the molecule is Cc1ccc(C=NNC(=O)c2cc(Br)ccc2NC(=O)c2ccc(CN3CCN(CCO)CC3)cc2)cc1C. The van der Waals surface area contributed by atoms with E-state index < -0.39 is 5.91 Å². The van der Waals surface area contributed by atoms with Crippen LogP contribution < -0.4 is 10.7 Å². The number of nitrogens with one attached hydrogen (secondary N) is 2. The van der Waals surface area contributed by atoms with Crippen LogP contribution in [0.25, 0.3) is 0 Å². The fourth-order valence-corrected chi connectivity index (χ4v) is 4.77. The summed E-state index contributed by atoms with van der Waals surface area (Å²) in [6.45, 7) is 9.59. The van der Waals surface area contributed by atoms with Crippen molar-refractivity contribution in [2.45, 2.75) is 20.4 Å². The molecule has 0 radical (unpaired) electrons. The van der Waals surface area contributed by atoms with Gasteiger partial charge >= 0.3 is 0 Å². The van der Waals surface area contributed by atoms with Crippen LogP contribution in [0.3, 0.4) is 0 Å². The van der Waals surface area contributed by atoms with Gasteiger partial charge in [0.1, 0.15) is 0 Å². The van der Waals surface area contributed by atoms with Crippen LogP contribution in [0.2, 0.25) is 0 Å². The Kier molecular flexibility index (Phi) is 10.00. The number of aliphatic hydroxyl groups is 1. The number of β-amino-alcohol motifs (C(OH)–C–C–N with tert-alkyl or cyclic N) is 1. The maximum atomic E-state index is 13.0. The van der Waals surface area contributed by atoms with Gasteiger partial charge in [-0.1, -0.05) is 46.3 Å². The summed E-state index contributed by atoms with van der Waals surface area (Å²) in [6, 6.07) is 18.6. The average Bonchev–Trinajstić information content (AvgIpc) is 2.93. The lowest BCUT2D eigenvalue weighted by molar-refractivity contribution is 0.0956. The molecule has 0 spiro atoms. The van der Waals surface area contributed by atoms with E-state index in [1.165, 1.54) is 5.56 Å². The van der Waals surface area contributed by atoms with Crippen LogP contribution in [0, 0.1) is 13.8 Å². The zero-order valence-corrected chi connectivity index (χ0v) is 23.9. The molecule has 1 aliphatic rings. The first kappa shape index (κ1) is 28.6. The van der Waals surface area contributed by atoms with Gasteiger partial charge in [-0.25, -0.2) is 5.43 Å². The summed E-state index contributed by atoms with van der Waals surface area (Å²) in [5.41, 5.74) is 8.11. The second kappa shape index (κ2) is 13.6. The number of carbonyl (C=O) groups excluding carboxylic acids is 2. The van der Waals surface area contributed by atoms with Gasteiger partial charge in [-0.3, -0.25) is 19.4 Å². The lowest BCUT2D eigenvalue weighted by Gasteiger charge is -2.34. The first-order valence-electron chi connectivity index (χ1n) is 13.0. The normalized spacial score (nSPS) is 14.5. The Hall–Kier alpha value is -3.37. The number of hydrazone groups is 1. The molecule has 4 rings (SSSR count). The summed E-state index contributed by atoms with van der Waals surface area (Å²) in [6.07, 6.45) is 1.59. The van der Waals surface area contributed by atoms with E-state index >= 15 is 0 Å². The average molecular weight is 593 g/mol. The van der Waals surface area contributed by atoms with Crippen molar-refractivity contribution in [2.75, 3.05) is 44.6 Å². The highest BCUT2D eigenvalue weighted by Crippen LogP contribution is 2.22. The van der Waals surface area contributed by atoms with Crippen LogP contribution in [-0.4, -0.2) is 72.3 Å². The molecule has 3 aromatic rings. The third-order valence-electron chi connectivity index (χ3n) is 6.89. The number of aliphatic hydroxyl groups excluding tert-OH is 1.